The molecule has 0 spiro atoms. The van der Waals surface area contributed by atoms with Crippen LogP contribution in [0.5, 0.6) is 11.5 Å². The molecular weight excluding hydrogens is 360 g/mol. The van der Waals surface area contributed by atoms with Crippen molar-refractivity contribution in [3.8, 4) is 11.5 Å². The van der Waals surface area contributed by atoms with Crippen LogP contribution in [0.2, 0.25) is 0 Å². The molecule has 7 heteroatoms. The molecule has 0 saturated heterocycles. The van der Waals surface area contributed by atoms with Crippen LogP contribution >= 0.6 is 11.3 Å². The molecule has 0 unspecified atom stereocenters. The van der Waals surface area contributed by atoms with Crippen molar-refractivity contribution in [2.75, 3.05) is 17.5 Å². The average molecular weight is 378 g/mol. The van der Waals surface area contributed by atoms with Crippen molar-refractivity contribution in [3.05, 3.63) is 64.7 Å². The first-order valence-electron chi connectivity index (χ1n) is 8.75. The number of benzene rings is 2. The zero-order valence-electron chi connectivity index (χ0n) is 14.8. The number of hydrogen-bond donors (Lipinski definition) is 1. The Balaban J connectivity index is 1.71. The van der Waals surface area contributed by atoms with Gasteiger partial charge in [0.15, 0.2) is 11.5 Å². The maximum atomic E-state index is 5.89. The third-order valence-corrected chi connectivity index (χ3v) is 5.55. The molecule has 1 aromatic heterocycles. The van der Waals surface area contributed by atoms with Crippen molar-refractivity contribution >= 4 is 27.9 Å². The molecular formula is C20H18N4O2S. The Morgan fingerprint density at radius 2 is 1.93 bits per heavy atom. The SMILES string of the molecule is C[C@@H]1Cc2cc3c(cc2C(c2ccc(N)cc2)=NN1c1nccs1)OCO3. The van der Waals surface area contributed by atoms with Crippen LogP contribution in [0.15, 0.2) is 53.1 Å². The quantitative estimate of drug-likeness (QED) is 0.689. The van der Waals surface area contributed by atoms with E-state index in [1.54, 1.807) is 17.5 Å². The number of rotatable bonds is 2. The lowest BCUT2D eigenvalue weighted by Gasteiger charge is -2.22. The molecule has 3 heterocycles. The maximum absolute atomic E-state index is 5.89. The topological polar surface area (TPSA) is 73.0 Å². The fourth-order valence-electron chi connectivity index (χ4n) is 3.45. The molecule has 0 radical (unpaired) electrons. The lowest BCUT2D eigenvalue weighted by atomic mass is 9.94. The summed E-state index contributed by atoms with van der Waals surface area (Å²) in [7, 11) is 0. The molecule has 0 fully saturated rings. The summed E-state index contributed by atoms with van der Waals surface area (Å²) in [6, 6.07) is 12.1. The number of nitrogens with zero attached hydrogens (tertiary/aromatic N) is 3. The van der Waals surface area contributed by atoms with Gasteiger partial charge in [-0.15, -0.1) is 11.3 Å². The number of nitrogen functional groups attached to an aromatic ring is 1. The van der Waals surface area contributed by atoms with Crippen molar-refractivity contribution in [1.82, 2.24) is 4.98 Å². The Labute approximate surface area is 160 Å². The Morgan fingerprint density at radius 3 is 2.67 bits per heavy atom. The van der Waals surface area contributed by atoms with Crippen LogP contribution in [-0.2, 0) is 6.42 Å². The lowest BCUT2D eigenvalue weighted by molar-refractivity contribution is 0.174. The van der Waals surface area contributed by atoms with E-state index in [1.807, 2.05) is 40.7 Å². The van der Waals surface area contributed by atoms with Gasteiger partial charge in [0, 0.05) is 28.4 Å². The predicted octanol–water partition coefficient (Wildman–Crippen LogP) is 3.66. The van der Waals surface area contributed by atoms with Crippen molar-refractivity contribution in [2.45, 2.75) is 19.4 Å². The minimum atomic E-state index is 0.154. The highest BCUT2D eigenvalue weighted by molar-refractivity contribution is 7.13. The maximum Gasteiger partial charge on any atom is 0.231 e. The summed E-state index contributed by atoms with van der Waals surface area (Å²) in [5, 5.41) is 9.87. The second-order valence-corrected chi connectivity index (χ2v) is 7.52. The van der Waals surface area contributed by atoms with Gasteiger partial charge in [0.25, 0.3) is 0 Å². The third kappa shape index (κ3) is 2.80. The summed E-state index contributed by atoms with van der Waals surface area (Å²) in [6.07, 6.45) is 2.63. The number of ether oxygens (including phenoxy) is 2. The Hall–Kier alpha value is -3.06. The van der Waals surface area contributed by atoms with Crippen molar-refractivity contribution < 1.29 is 9.47 Å². The van der Waals surface area contributed by atoms with E-state index in [-0.39, 0.29) is 12.8 Å². The van der Waals surface area contributed by atoms with Crippen LogP contribution in [0.25, 0.3) is 0 Å². The van der Waals surface area contributed by atoms with Gasteiger partial charge in [0.05, 0.1) is 11.8 Å². The van der Waals surface area contributed by atoms with E-state index in [0.717, 1.165) is 45.6 Å². The van der Waals surface area contributed by atoms with Gasteiger partial charge >= 0.3 is 0 Å². The molecule has 2 N–H and O–H groups in total. The van der Waals surface area contributed by atoms with E-state index in [9.17, 15) is 0 Å². The van der Waals surface area contributed by atoms with Crippen molar-refractivity contribution in [2.24, 2.45) is 5.10 Å². The second-order valence-electron chi connectivity index (χ2n) is 6.65. The molecule has 0 saturated carbocycles. The zero-order chi connectivity index (χ0) is 18.4. The number of thiazole rings is 1. The summed E-state index contributed by atoms with van der Waals surface area (Å²) in [6.45, 7) is 2.42. The Kier molecular flexibility index (Phi) is 3.75. The highest BCUT2D eigenvalue weighted by atomic mass is 32.1. The summed E-state index contributed by atoms with van der Waals surface area (Å²) in [4.78, 5) is 4.47. The van der Waals surface area contributed by atoms with E-state index in [2.05, 4.69) is 18.0 Å². The number of anilines is 2. The smallest absolute Gasteiger partial charge is 0.231 e. The Morgan fingerprint density at radius 1 is 1.15 bits per heavy atom. The minimum Gasteiger partial charge on any atom is -0.454 e. The van der Waals surface area contributed by atoms with E-state index < -0.39 is 0 Å². The second kappa shape index (κ2) is 6.28. The van der Waals surface area contributed by atoms with Gasteiger partial charge in [0.1, 0.15) is 0 Å². The molecule has 0 amide bonds. The van der Waals surface area contributed by atoms with Crippen molar-refractivity contribution in [1.29, 1.82) is 0 Å². The fraction of sp³-hybridized carbons (Fsp3) is 0.200. The molecule has 0 bridgehead atoms. The molecule has 136 valence electrons. The van der Waals surface area contributed by atoms with Gasteiger partial charge in [-0.25, -0.2) is 9.99 Å². The first kappa shape index (κ1) is 16.1. The van der Waals surface area contributed by atoms with Crippen molar-refractivity contribution in [3.63, 3.8) is 0 Å². The molecule has 2 aliphatic heterocycles. The van der Waals surface area contributed by atoms with E-state index >= 15 is 0 Å². The van der Waals surface area contributed by atoms with Crippen LogP contribution in [0.3, 0.4) is 0 Å². The van der Waals surface area contributed by atoms with Gasteiger partial charge < -0.3 is 15.2 Å². The largest absolute Gasteiger partial charge is 0.454 e. The van der Waals surface area contributed by atoms with Gasteiger partial charge in [-0.05, 0) is 43.2 Å². The average Bonchev–Trinajstić information content (AvgIpc) is 3.32. The number of hydrazone groups is 1. The third-order valence-electron chi connectivity index (χ3n) is 4.79. The molecule has 27 heavy (non-hydrogen) atoms. The predicted molar refractivity (Wildman–Crippen MR) is 107 cm³/mol. The number of aromatic nitrogens is 1. The van der Waals surface area contributed by atoms with E-state index in [4.69, 9.17) is 20.3 Å². The van der Waals surface area contributed by atoms with Gasteiger partial charge in [-0.3, -0.25) is 0 Å². The molecule has 5 rings (SSSR count). The standard InChI is InChI=1S/C20H18N4O2S/c1-12-8-14-9-17-18(26-11-25-17)10-16(14)19(13-2-4-15(21)5-3-13)23-24(12)20-22-6-7-27-20/h2-7,9-10,12H,8,11,21H2,1H3/t12-/m1/s1. The Bertz CT molecular complexity index is 1020. The van der Waals surface area contributed by atoms with Crippen LogP contribution < -0.4 is 20.2 Å². The van der Waals surface area contributed by atoms with Crippen LogP contribution in [0.4, 0.5) is 10.8 Å². The monoisotopic (exact) mass is 378 g/mol. The van der Waals surface area contributed by atoms with E-state index in [0.29, 0.717) is 0 Å². The summed E-state index contributed by atoms with van der Waals surface area (Å²) < 4.78 is 11.2. The first-order chi connectivity index (χ1) is 13.2. The summed E-state index contributed by atoms with van der Waals surface area (Å²) >= 11 is 1.58. The molecule has 2 aromatic carbocycles. The van der Waals surface area contributed by atoms with Gasteiger partial charge in [-0.2, -0.15) is 5.10 Å². The molecule has 3 aromatic rings. The fourth-order valence-corrected chi connectivity index (χ4v) is 4.15. The molecule has 6 nitrogen and oxygen atoms in total. The van der Waals surface area contributed by atoms with Crippen LogP contribution in [-0.4, -0.2) is 23.5 Å². The highest BCUT2D eigenvalue weighted by Gasteiger charge is 2.28. The molecule has 2 aliphatic rings. The van der Waals surface area contributed by atoms with Gasteiger partial charge in [-0.1, -0.05) is 12.1 Å². The van der Waals surface area contributed by atoms with E-state index in [1.165, 1.54) is 5.56 Å². The summed E-state index contributed by atoms with van der Waals surface area (Å²) in [5.41, 5.74) is 10.7. The van der Waals surface area contributed by atoms with Gasteiger partial charge in [0.2, 0.25) is 11.9 Å². The number of fused-ring (bicyclic) bond motifs is 2. The first-order valence-corrected chi connectivity index (χ1v) is 9.63. The number of nitrogens with two attached hydrogens (primary N) is 1. The summed E-state index contributed by atoms with van der Waals surface area (Å²) in [5.74, 6) is 1.55. The van der Waals surface area contributed by atoms with Crippen LogP contribution in [0, 0.1) is 0 Å². The lowest BCUT2D eigenvalue weighted by Crippen LogP contribution is -2.29. The normalized spacial score (nSPS) is 18.0. The zero-order valence-corrected chi connectivity index (χ0v) is 15.6. The molecule has 1 atom stereocenters. The highest BCUT2D eigenvalue weighted by Crippen LogP contribution is 2.38. The van der Waals surface area contributed by atoms with Crippen LogP contribution in [0.1, 0.15) is 23.6 Å². The molecule has 0 aliphatic carbocycles. The minimum absolute atomic E-state index is 0.154. The number of hydrogen-bond acceptors (Lipinski definition) is 7.